The number of β-amino-alcohol motifs (C(OH)–C–C–N with tert-alkyl or cyclic N) is 1. The molecule has 8 heteroatoms. The summed E-state index contributed by atoms with van der Waals surface area (Å²) < 4.78 is 57.2. The third-order valence-corrected chi connectivity index (χ3v) is 3.96. The Morgan fingerprint density at radius 1 is 1.28 bits per heavy atom. The van der Waals surface area contributed by atoms with Crippen molar-refractivity contribution in [2.75, 3.05) is 13.1 Å². The molecule has 4 nitrogen and oxygen atoms in total. The summed E-state index contributed by atoms with van der Waals surface area (Å²) in [5.41, 5.74) is -1.84. The van der Waals surface area contributed by atoms with Crippen molar-refractivity contribution in [1.29, 1.82) is 0 Å². The highest BCUT2D eigenvalue weighted by atomic mass is 19.4. The van der Waals surface area contributed by atoms with Crippen molar-refractivity contribution in [2.45, 2.75) is 51.0 Å². The predicted octanol–water partition coefficient (Wildman–Crippen LogP) is 3.93. The molecule has 1 aliphatic rings. The summed E-state index contributed by atoms with van der Waals surface area (Å²) >= 11 is 0. The molecule has 2 rings (SSSR count). The summed E-state index contributed by atoms with van der Waals surface area (Å²) in [5.74, 6) is -1.96. The molecule has 0 spiro atoms. The van der Waals surface area contributed by atoms with Gasteiger partial charge < -0.3 is 14.7 Å². The van der Waals surface area contributed by atoms with E-state index in [-0.39, 0.29) is 25.1 Å². The van der Waals surface area contributed by atoms with Gasteiger partial charge in [0.15, 0.2) is 0 Å². The van der Waals surface area contributed by atoms with E-state index in [1.54, 1.807) is 20.8 Å². The van der Waals surface area contributed by atoms with Crippen LogP contribution in [0.4, 0.5) is 22.4 Å². The molecular weight excluding hydrogens is 342 g/mol. The van der Waals surface area contributed by atoms with Gasteiger partial charge >= 0.3 is 12.3 Å². The van der Waals surface area contributed by atoms with Gasteiger partial charge in [-0.3, -0.25) is 0 Å². The molecule has 2 atom stereocenters. The van der Waals surface area contributed by atoms with E-state index in [0.29, 0.717) is 0 Å². The Bertz CT molecular complexity index is 640. The Kier molecular flexibility index (Phi) is 5.32. The van der Waals surface area contributed by atoms with Crippen LogP contribution in [0.5, 0.6) is 0 Å². The number of amides is 1. The van der Waals surface area contributed by atoms with E-state index in [0.717, 1.165) is 12.1 Å². The first kappa shape index (κ1) is 19.5. The smallest absolute Gasteiger partial charge is 0.419 e. The van der Waals surface area contributed by atoms with E-state index in [1.807, 2.05) is 0 Å². The summed E-state index contributed by atoms with van der Waals surface area (Å²) in [4.78, 5) is 13.3. The van der Waals surface area contributed by atoms with Gasteiger partial charge in [-0.15, -0.1) is 0 Å². The Morgan fingerprint density at radius 2 is 1.92 bits per heavy atom. The van der Waals surface area contributed by atoms with Crippen LogP contribution in [0.2, 0.25) is 0 Å². The van der Waals surface area contributed by atoms with Crippen molar-refractivity contribution < 1.29 is 32.2 Å². The SMILES string of the molecule is CC(C)(C)OC(=O)N1CC[C@@H](c2ccc(F)c(C(F)(F)F)c2)[C@H](O)C1. The topological polar surface area (TPSA) is 49.8 Å². The van der Waals surface area contributed by atoms with Gasteiger partial charge in [-0.25, -0.2) is 9.18 Å². The maximum atomic E-state index is 13.4. The number of alkyl halides is 3. The number of halogens is 4. The lowest BCUT2D eigenvalue weighted by Crippen LogP contribution is -2.47. The van der Waals surface area contributed by atoms with Crippen molar-refractivity contribution in [1.82, 2.24) is 4.90 Å². The number of aliphatic hydroxyl groups excluding tert-OH is 1. The van der Waals surface area contributed by atoms with Crippen LogP contribution in [-0.4, -0.2) is 40.9 Å². The number of likely N-dealkylation sites (tertiary alicyclic amines) is 1. The molecule has 0 radical (unpaired) electrons. The van der Waals surface area contributed by atoms with Crippen LogP contribution < -0.4 is 0 Å². The molecule has 0 unspecified atom stereocenters. The minimum Gasteiger partial charge on any atom is -0.444 e. The summed E-state index contributed by atoms with van der Waals surface area (Å²) in [5, 5.41) is 10.3. The molecule has 140 valence electrons. The zero-order chi connectivity index (χ0) is 19.0. The normalized spacial score (nSPS) is 22.0. The molecule has 0 aliphatic carbocycles. The lowest BCUT2D eigenvalue weighted by Gasteiger charge is -2.37. The van der Waals surface area contributed by atoms with Gasteiger partial charge in [0, 0.05) is 12.5 Å². The van der Waals surface area contributed by atoms with Crippen molar-refractivity contribution in [3.05, 3.63) is 35.1 Å². The third kappa shape index (κ3) is 4.84. The second kappa shape index (κ2) is 6.82. The first-order valence-corrected chi connectivity index (χ1v) is 7.91. The van der Waals surface area contributed by atoms with Crippen LogP contribution in [0, 0.1) is 5.82 Å². The molecule has 1 amide bonds. The fraction of sp³-hybridized carbons (Fsp3) is 0.588. The Balaban J connectivity index is 2.13. The molecule has 1 saturated heterocycles. The minimum absolute atomic E-state index is 0.0572. The van der Waals surface area contributed by atoms with Gasteiger partial charge in [0.1, 0.15) is 11.4 Å². The van der Waals surface area contributed by atoms with E-state index >= 15 is 0 Å². The van der Waals surface area contributed by atoms with E-state index in [9.17, 15) is 27.5 Å². The van der Waals surface area contributed by atoms with Gasteiger partial charge in [-0.1, -0.05) is 6.07 Å². The second-order valence-corrected chi connectivity index (χ2v) is 7.13. The fourth-order valence-corrected chi connectivity index (χ4v) is 2.80. The van der Waals surface area contributed by atoms with Crippen LogP contribution in [0.3, 0.4) is 0 Å². The van der Waals surface area contributed by atoms with Crippen LogP contribution in [0.1, 0.15) is 44.2 Å². The third-order valence-electron chi connectivity index (χ3n) is 3.96. The van der Waals surface area contributed by atoms with Gasteiger partial charge in [0.25, 0.3) is 0 Å². The first-order valence-electron chi connectivity index (χ1n) is 7.91. The monoisotopic (exact) mass is 363 g/mol. The Labute approximate surface area is 143 Å². The number of rotatable bonds is 1. The Hall–Kier alpha value is -1.83. The summed E-state index contributed by atoms with van der Waals surface area (Å²) in [6.45, 7) is 5.31. The van der Waals surface area contributed by atoms with Crippen molar-refractivity contribution in [2.24, 2.45) is 0 Å². The molecule has 1 aromatic rings. The van der Waals surface area contributed by atoms with E-state index in [2.05, 4.69) is 0 Å². The number of hydrogen-bond acceptors (Lipinski definition) is 3. The maximum Gasteiger partial charge on any atom is 0.419 e. The number of benzene rings is 1. The zero-order valence-electron chi connectivity index (χ0n) is 14.2. The van der Waals surface area contributed by atoms with Crippen molar-refractivity contribution >= 4 is 6.09 Å². The highest BCUT2D eigenvalue weighted by molar-refractivity contribution is 5.68. The maximum absolute atomic E-state index is 13.4. The number of piperidine rings is 1. The van der Waals surface area contributed by atoms with Gasteiger partial charge in [-0.05, 0) is 44.9 Å². The molecule has 0 aromatic heterocycles. The average Bonchev–Trinajstić information content (AvgIpc) is 2.45. The largest absolute Gasteiger partial charge is 0.444 e. The molecule has 25 heavy (non-hydrogen) atoms. The van der Waals surface area contributed by atoms with E-state index < -0.39 is 41.3 Å². The highest BCUT2D eigenvalue weighted by Gasteiger charge is 2.37. The summed E-state index contributed by atoms with van der Waals surface area (Å²) in [6.07, 6.45) is -6.20. The number of ether oxygens (including phenoxy) is 1. The van der Waals surface area contributed by atoms with Crippen LogP contribution in [0.15, 0.2) is 18.2 Å². The van der Waals surface area contributed by atoms with Crippen molar-refractivity contribution in [3.8, 4) is 0 Å². The number of nitrogens with zero attached hydrogens (tertiary/aromatic N) is 1. The number of hydrogen-bond donors (Lipinski definition) is 1. The van der Waals surface area contributed by atoms with Gasteiger partial charge in [0.05, 0.1) is 18.2 Å². The summed E-state index contributed by atoms with van der Waals surface area (Å²) in [7, 11) is 0. The Morgan fingerprint density at radius 3 is 2.44 bits per heavy atom. The molecule has 0 bridgehead atoms. The average molecular weight is 363 g/mol. The standard InChI is InChI=1S/C17H21F4NO3/c1-16(2,3)25-15(24)22-7-6-11(14(23)9-22)10-4-5-13(18)12(8-10)17(19,20)21/h4-5,8,11,14,23H,6-7,9H2,1-3H3/t11-,14+/m0/s1. The number of carbonyl (C=O) groups excluding carboxylic acids is 1. The van der Waals surface area contributed by atoms with E-state index in [4.69, 9.17) is 4.74 Å². The van der Waals surface area contributed by atoms with Crippen molar-refractivity contribution in [3.63, 3.8) is 0 Å². The van der Waals surface area contributed by atoms with Crippen LogP contribution in [-0.2, 0) is 10.9 Å². The lowest BCUT2D eigenvalue weighted by molar-refractivity contribution is -0.140. The molecule has 1 aliphatic heterocycles. The molecule has 1 fully saturated rings. The quantitative estimate of drug-likeness (QED) is 0.769. The molecule has 1 N–H and O–H groups in total. The molecular formula is C17H21F4NO3. The lowest BCUT2D eigenvalue weighted by atomic mass is 9.86. The molecule has 1 aromatic carbocycles. The first-order chi connectivity index (χ1) is 11.4. The van der Waals surface area contributed by atoms with Crippen LogP contribution >= 0.6 is 0 Å². The predicted molar refractivity (Wildman–Crippen MR) is 82.6 cm³/mol. The van der Waals surface area contributed by atoms with E-state index in [1.165, 1.54) is 11.0 Å². The van der Waals surface area contributed by atoms with Gasteiger partial charge in [-0.2, -0.15) is 13.2 Å². The summed E-state index contributed by atoms with van der Waals surface area (Å²) in [6, 6.07) is 2.72. The number of carbonyl (C=O) groups is 1. The highest BCUT2D eigenvalue weighted by Crippen LogP contribution is 2.36. The fourth-order valence-electron chi connectivity index (χ4n) is 2.80. The van der Waals surface area contributed by atoms with Gasteiger partial charge in [0.2, 0.25) is 0 Å². The molecule has 0 saturated carbocycles. The number of aliphatic hydroxyl groups is 1. The van der Waals surface area contributed by atoms with Crippen LogP contribution in [0.25, 0.3) is 0 Å². The molecule has 1 heterocycles. The second-order valence-electron chi connectivity index (χ2n) is 7.13. The zero-order valence-corrected chi connectivity index (χ0v) is 14.2. The minimum atomic E-state index is -4.80.